The number of hydrogen-bond donors (Lipinski definition) is 0. The van der Waals surface area contributed by atoms with Crippen molar-refractivity contribution >= 4 is 17.9 Å². The molecule has 0 spiro atoms. The summed E-state index contributed by atoms with van der Waals surface area (Å²) in [4.78, 5) is 34.3. The highest BCUT2D eigenvalue weighted by Gasteiger charge is 2.40. The topological polar surface area (TPSA) is 81.2 Å². The summed E-state index contributed by atoms with van der Waals surface area (Å²) in [6, 6.07) is 16.2. The lowest BCUT2D eigenvalue weighted by Crippen LogP contribution is -2.38. The van der Waals surface area contributed by atoms with Crippen molar-refractivity contribution in [2.24, 2.45) is 0 Å². The number of ether oxygens (including phenoxy) is 3. The predicted molar refractivity (Wildman–Crippen MR) is 158 cm³/mol. The number of hydrogen-bond acceptors (Lipinski definition) is 7. The van der Waals surface area contributed by atoms with E-state index in [1.54, 1.807) is 12.0 Å². The number of nitrogens with zero attached hydrogens (tertiary/aromatic N) is 3. The molecule has 0 radical (unpaired) electrons. The number of esters is 1. The van der Waals surface area contributed by atoms with Crippen LogP contribution in [0.25, 0.3) is 11.1 Å². The van der Waals surface area contributed by atoms with Crippen LogP contribution in [0.5, 0.6) is 5.75 Å². The highest BCUT2D eigenvalue weighted by molar-refractivity contribution is 5.76. The fraction of sp³-hybridized carbons (Fsp3) is 0.424. The van der Waals surface area contributed by atoms with Crippen molar-refractivity contribution in [3.63, 3.8) is 0 Å². The average Bonchev–Trinajstić information content (AvgIpc) is 3.19. The molecular formula is C33H39N3O5. The molecule has 2 saturated heterocycles. The van der Waals surface area contributed by atoms with Gasteiger partial charge in [-0.25, -0.2) is 9.78 Å². The Hall–Kier alpha value is -4.07. The van der Waals surface area contributed by atoms with Crippen molar-refractivity contribution in [2.75, 3.05) is 31.7 Å². The smallest absolute Gasteiger partial charge is 0.411 e. The zero-order valence-corrected chi connectivity index (χ0v) is 24.6. The highest BCUT2D eigenvalue weighted by Crippen LogP contribution is 2.38. The van der Waals surface area contributed by atoms with E-state index >= 15 is 0 Å². The molecular weight excluding hydrogens is 518 g/mol. The summed E-state index contributed by atoms with van der Waals surface area (Å²) in [6.07, 6.45) is 1.29. The van der Waals surface area contributed by atoms with Gasteiger partial charge in [-0.1, -0.05) is 35.4 Å². The summed E-state index contributed by atoms with van der Waals surface area (Å²) in [5.74, 6) is 1.39. The number of amides is 1. The van der Waals surface area contributed by atoms with E-state index in [1.807, 2.05) is 38.1 Å². The van der Waals surface area contributed by atoms with Crippen molar-refractivity contribution < 1.29 is 23.8 Å². The van der Waals surface area contributed by atoms with E-state index in [1.165, 1.54) is 0 Å². The summed E-state index contributed by atoms with van der Waals surface area (Å²) in [6.45, 7) is 10.6. The van der Waals surface area contributed by atoms with Crippen LogP contribution in [0.15, 0.2) is 48.5 Å². The first-order chi connectivity index (χ1) is 19.8. The van der Waals surface area contributed by atoms with Crippen molar-refractivity contribution in [3.05, 3.63) is 76.5 Å². The standard InChI is InChI=1S/C33H39N3O5/c1-6-40-31(37)13-9-24-8-11-29(39-5)27(19-24)26-10-12-30(35-14-7-15-35)34-28(26)20-36-23(4)32(41-33(36)38)25-17-21(2)16-22(3)18-25/h8,10-12,16-19,23,32H,6-7,9,13-15,20H2,1-5H3/t23-,32-/m0/s1. The number of methoxy groups -OCH3 is 1. The van der Waals surface area contributed by atoms with Crippen LogP contribution in [0.4, 0.5) is 10.6 Å². The molecule has 5 rings (SSSR count). The number of anilines is 1. The predicted octanol–water partition coefficient (Wildman–Crippen LogP) is 6.16. The fourth-order valence-corrected chi connectivity index (χ4v) is 5.67. The molecule has 2 aromatic carbocycles. The molecule has 41 heavy (non-hydrogen) atoms. The van der Waals surface area contributed by atoms with Crippen molar-refractivity contribution in [1.29, 1.82) is 0 Å². The quantitative estimate of drug-likeness (QED) is 0.276. The third-order valence-corrected chi connectivity index (χ3v) is 7.90. The Morgan fingerprint density at radius 2 is 1.80 bits per heavy atom. The van der Waals surface area contributed by atoms with Crippen LogP contribution in [-0.4, -0.2) is 54.8 Å². The number of pyridine rings is 1. The Bertz CT molecular complexity index is 1410. The molecule has 3 aromatic rings. The molecule has 2 aliphatic rings. The minimum Gasteiger partial charge on any atom is -0.496 e. The largest absolute Gasteiger partial charge is 0.496 e. The van der Waals surface area contributed by atoms with Gasteiger partial charge in [0.05, 0.1) is 32.0 Å². The second-order valence-electron chi connectivity index (χ2n) is 10.9. The van der Waals surface area contributed by atoms with Gasteiger partial charge in [-0.05, 0) is 75.9 Å². The Morgan fingerprint density at radius 3 is 2.46 bits per heavy atom. The SMILES string of the molecule is CCOC(=O)CCc1ccc(OC)c(-c2ccc(N3CCC3)nc2CN2C(=O)O[C@H](c3cc(C)cc(C)c3)[C@@H]2C)c1. The summed E-state index contributed by atoms with van der Waals surface area (Å²) in [7, 11) is 1.65. The molecule has 1 aromatic heterocycles. The molecule has 3 heterocycles. The van der Waals surface area contributed by atoms with Gasteiger partial charge in [0.2, 0.25) is 0 Å². The first-order valence-electron chi connectivity index (χ1n) is 14.4. The summed E-state index contributed by atoms with van der Waals surface area (Å²) in [5.41, 5.74) is 6.82. The second-order valence-corrected chi connectivity index (χ2v) is 10.9. The number of carbonyl (C=O) groups excluding carboxylic acids is 2. The lowest BCUT2D eigenvalue weighted by molar-refractivity contribution is -0.143. The van der Waals surface area contributed by atoms with Crippen LogP contribution < -0.4 is 9.64 Å². The van der Waals surface area contributed by atoms with E-state index in [2.05, 4.69) is 43.0 Å². The monoisotopic (exact) mass is 557 g/mol. The second kappa shape index (κ2) is 12.2. The maximum absolute atomic E-state index is 13.3. The van der Waals surface area contributed by atoms with E-state index in [-0.39, 0.29) is 24.2 Å². The van der Waals surface area contributed by atoms with E-state index in [0.717, 1.165) is 64.4 Å². The molecule has 2 aliphatic heterocycles. The minimum atomic E-state index is -0.358. The molecule has 0 N–H and O–H groups in total. The Kier molecular flexibility index (Phi) is 8.47. The van der Waals surface area contributed by atoms with Crippen LogP contribution in [0, 0.1) is 13.8 Å². The van der Waals surface area contributed by atoms with Crippen LogP contribution >= 0.6 is 0 Å². The Balaban J connectivity index is 1.49. The maximum Gasteiger partial charge on any atom is 0.411 e. The highest BCUT2D eigenvalue weighted by atomic mass is 16.6. The van der Waals surface area contributed by atoms with E-state index in [4.69, 9.17) is 19.2 Å². The zero-order valence-electron chi connectivity index (χ0n) is 24.6. The summed E-state index contributed by atoms with van der Waals surface area (Å²) >= 11 is 0. The first-order valence-corrected chi connectivity index (χ1v) is 14.4. The summed E-state index contributed by atoms with van der Waals surface area (Å²) in [5, 5.41) is 0. The number of aryl methyl sites for hydroxylation is 3. The van der Waals surface area contributed by atoms with Crippen molar-refractivity contribution in [3.8, 4) is 16.9 Å². The van der Waals surface area contributed by atoms with Crippen molar-refractivity contribution in [1.82, 2.24) is 9.88 Å². The number of cyclic esters (lactones) is 1. The van der Waals surface area contributed by atoms with Gasteiger partial charge in [-0.2, -0.15) is 0 Å². The van der Waals surface area contributed by atoms with Gasteiger partial charge in [0.25, 0.3) is 0 Å². The number of carbonyl (C=O) groups is 2. The van der Waals surface area contributed by atoms with Gasteiger partial charge < -0.3 is 19.1 Å². The normalized spacial score (nSPS) is 18.2. The maximum atomic E-state index is 13.3. The number of rotatable bonds is 10. The fourth-order valence-electron chi connectivity index (χ4n) is 5.67. The third kappa shape index (κ3) is 6.16. The summed E-state index contributed by atoms with van der Waals surface area (Å²) < 4.78 is 16.8. The third-order valence-electron chi connectivity index (χ3n) is 7.90. The van der Waals surface area contributed by atoms with Crippen LogP contribution in [0.3, 0.4) is 0 Å². The molecule has 2 fully saturated rings. The van der Waals surface area contributed by atoms with Crippen LogP contribution in [0.2, 0.25) is 0 Å². The van der Waals surface area contributed by atoms with Gasteiger partial charge in [-0.3, -0.25) is 9.69 Å². The van der Waals surface area contributed by atoms with E-state index in [9.17, 15) is 9.59 Å². The molecule has 0 bridgehead atoms. The van der Waals surface area contributed by atoms with E-state index in [0.29, 0.717) is 31.7 Å². The molecule has 2 atom stereocenters. The first kappa shape index (κ1) is 28.5. The molecule has 1 amide bonds. The Labute approximate surface area is 242 Å². The van der Waals surface area contributed by atoms with Crippen LogP contribution in [-0.2, 0) is 27.2 Å². The van der Waals surface area contributed by atoms with Gasteiger partial charge in [0, 0.05) is 30.6 Å². The number of benzene rings is 2. The molecule has 8 nitrogen and oxygen atoms in total. The van der Waals surface area contributed by atoms with Crippen LogP contribution in [0.1, 0.15) is 60.7 Å². The van der Waals surface area contributed by atoms with Crippen molar-refractivity contribution in [2.45, 2.75) is 65.6 Å². The van der Waals surface area contributed by atoms with Gasteiger partial charge in [-0.15, -0.1) is 0 Å². The molecule has 216 valence electrons. The lowest BCUT2D eigenvalue weighted by atomic mass is 9.97. The molecule has 8 heteroatoms. The van der Waals surface area contributed by atoms with Gasteiger partial charge in [0.15, 0.2) is 0 Å². The molecule has 0 unspecified atom stereocenters. The number of aromatic nitrogens is 1. The minimum absolute atomic E-state index is 0.177. The lowest BCUT2D eigenvalue weighted by Gasteiger charge is -2.33. The zero-order chi connectivity index (χ0) is 29.1. The molecule has 0 aliphatic carbocycles. The Morgan fingerprint density at radius 1 is 1.05 bits per heavy atom. The average molecular weight is 558 g/mol. The molecule has 0 saturated carbocycles. The van der Waals surface area contributed by atoms with E-state index < -0.39 is 0 Å². The van der Waals surface area contributed by atoms with Gasteiger partial charge in [0.1, 0.15) is 17.7 Å². The van der Waals surface area contributed by atoms with Gasteiger partial charge >= 0.3 is 12.1 Å².